The zero-order chi connectivity index (χ0) is 19.9. The number of aliphatic carboxylic acids is 2. The highest BCUT2D eigenvalue weighted by molar-refractivity contribution is 5.73. The van der Waals surface area contributed by atoms with Crippen LogP contribution in [0.2, 0.25) is 0 Å². The molecule has 0 radical (unpaired) electrons. The molecule has 0 aliphatic heterocycles. The number of nitrogens with two attached hydrogens (primary N) is 1. The number of phenols is 4. The third-order valence-corrected chi connectivity index (χ3v) is 3.21. The van der Waals surface area contributed by atoms with Gasteiger partial charge in [-0.25, -0.2) is 0 Å². The number of carbonyl (C=O) groups is 2. The molecule has 0 saturated carbocycles. The van der Waals surface area contributed by atoms with E-state index < -0.39 is 18.0 Å². The summed E-state index contributed by atoms with van der Waals surface area (Å²) in [5, 5.41) is 52.9. The van der Waals surface area contributed by atoms with Crippen molar-refractivity contribution in [3.05, 3.63) is 47.5 Å². The SMILES string of the molecule is N[C@@H](Cc1ccc(O)c(O)c1)C(=O)O.O=C(O)Cc1ccc(O)c(O)c1. The molecule has 0 spiro atoms. The van der Waals surface area contributed by atoms with Crippen molar-refractivity contribution in [3.8, 4) is 23.0 Å². The van der Waals surface area contributed by atoms with Crippen LogP contribution in [0.15, 0.2) is 36.4 Å². The number of hydrogen-bond acceptors (Lipinski definition) is 7. The molecule has 2 aromatic rings. The number of benzene rings is 2. The number of hydrogen-bond donors (Lipinski definition) is 7. The van der Waals surface area contributed by atoms with E-state index in [0.717, 1.165) is 0 Å². The fourth-order valence-electron chi connectivity index (χ4n) is 1.89. The summed E-state index contributed by atoms with van der Waals surface area (Å²) in [7, 11) is 0. The quantitative estimate of drug-likeness (QED) is 0.376. The van der Waals surface area contributed by atoms with Crippen molar-refractivity contribution in [1.82, 2.24) is 0 Å². The van der Waals surface area contributed by atoms with E-state index in [1.807, 2.05) is 0 Å². The predicted octanol–water partition coefficient (Wildman–Crippen LogP) is 0.777. The second-order valence-corrected chi connectivity index (χ2v) is 5.37. The maximum Gasteiger partial charge on any atom is 0.320 e. The van der Waals surface area contributed by atoms with Gasteiger partial charge < -0.3 is 36.4 Å². The topological polar surface area (TPSA) is 182 Å². The lowest BCUT2D eigenvalue weighted by Crippen LogP contribution is -2.32. The Hall–Kier alpha value is -3.46. The summed E-state index contributed by atoms with van der Waals surface area (Å²) in [5.74, 6) is -3.13. The monoisotopic (exact) mass is 365 g/mol. The number of rotatable bonds is 5. The van der Waals surface area contributed by atoms with Gasteiger partial charge in [-0.2, -0.15) is 0 Å². The Bertz CT molecular complexity index is 790. The third-order valence-electron chi connectivity index (χ3n) is 3.21. The summed E-state index contributed by atoms with van der Waals surface area (Å²) in [5.41, 5.74) is 6.31. The fraction of sp³-hybridized carbons (Fsp3) is 0.176. The van der Waals surface area contributed by atoms with Crippen molar-refractivity contribution < 1.29 is 40.2 Å². The van der Waals surface area contributed by atoms with Crippen molar-refractivity contribution in [3.63, 3.8) is 0 Å². The van der Waals surface area contributed by atoms with Crippen LogP contribution in [0.4, 0.5) is 0 Å². The van der Waals surface area contributed by atoms with Crippen LogP contribution in [0.1, 0.15) is 11.1 Å². The van der Waals surface area contributed by atoms with Crippen LogP contribution in [0.3, 0.4) is 0 Å². The Morgan fingerprint density at radius 1 is 0.808 bits per heavy atom. The molecule has 0 aliphatic rings. The largest absolute Gasteiger partial charge is 0.504 e. The molecule has 9 nitrogen and oxygen atoms in total. The van der Waals surface area contributed by atoms with Gasteiger partial charge in [-0.3, -0.25) is 9.59 Å². The predicted molar refractivity (Wildman–Crippen MR) is 90.2 cm³/mol. The molecule has 0 aromatic heterocycles. The molecule has 0 bridgehead atoms. The van der Waals surface area contributed by atoms with E-state index in [0.29, 0.717) is 11.1 Å². The van der Waals surface area contributed by atoms with Crippen LogP contribution in [-0.4, -0.2) is 48.6 Å². The van der Waals surface area contributed by atoms with E-state index in [1.54, 1.807) is 0 Å². The van der Waals surface area contributed by atoms with Gasteiger partial charge in [0.05, 0.1) is 6.42 Å². The molecule has 0 aliphatic carbocycles. The van der Waals surface area contributed by atoms with Crippen molar-refractivity contribution >= 4 is 11.9 Å². The van der Waals surface area contributed by atoms with Crippen LogP contribution >= 0.6 is 0 Å². The van der Waals surface area contributed by atoms with Crippen molar-refractivity contribution in [2.45, 2.75) is 18.9 Å². The minimum atomic E-state index is -1.10. The van der Waals surface area contributed by atoms with Crippen LogP contribution < -0.4 is 5.73 Å². The first-order chi connectivity index (χ1) is 12.1. The highest BCUT2D eigenvalue weighted by atomic mass is 16.4. The van der Waals surface area contributed by atoms with Crippen LogP contribution in [-0.2, 0) is 22.4 Å². The molecule has 8 N–H and O–H groups in total. The Kier molecular flexibility index (Phi) is 7.23. The summed E-state index contributed by atoms with van der Waals surface area (Å²) in [4.78, 5) is 20.6. The van der Waals surface area contributed by atoms with E-state index in [2.05, 4.69) is 0 Å². The Morgan fingerprint density at radius 3 is 1.69 bits per heavy atom. The minimum Gasteiger partial charge on any atom is -0.504 e. The van der Waals surface area contributed by atoms with Gasteiger partial charge >= 0.3 is 11.9 Å². The normalized spacial score (nSPS) is 11.1. The van der Waals surface area contributed by atoms with Gasteiger partial charge in [0.1, 0.15) is 6.04 Å². The highest BCUT2D eigenvalue weighted by Gasteiger charge is 2.12. The average molecular weight is 365 g/mol. The maximum absolute atomic E-state index is 10.4. The minimum absolute atomic E-state index is 0.114. The molecule has 0 unspecified atom stereocenters. The Labute approximate surface area is 148 Å². The molecule has 140 valence electrons. The molecule has 0 heterocycles. The van der Waals surface area contributed by atoms with Crippen molar-refractivity contribution in [2.24, 2.45) is 5.73 Å². The van der Waals surface area contributed by atoms with E-state index >= 15 is 0 Å². The molecule has 0 amide bonds. The van der Waals surface area contributed by atoms with Crippen molar-refractivity contribution in [2.75, 3.05) is 0 Å². The molecule has 26 heavy (non-hydrogen) atoms. The first kappa shape index (κ1) is 20.6. The van der Waals surface area contributed by atoms with Crippen LogP contribution in [0.5, 0.6) is 23.0 Å². The van der Waals surface area contributed by atoms with E-state index in [4.69, 9.17) is 36.4 Å². The Balaban J connectivity index is 0.000000263. The van der Waals surface area contributed by atoms with Gasteiger partial charge in [-0.05, 0) is 41.8 Å². The molecule has 2 rings (SSSR count). The molecule has 1 atom stereocenters. The highest BCUT2D eigenvalue weighted by Crippen LogP contribution is 2.25. The van der Waals surface area contributed by atoms with Gasteiger partial charge in [-0.1, -0.05) is 12.1 Å². The fourth-order valence-corrected chi connectivity index (χ4v) is 1.89. The smallest absolute Gasteiger partial charge is 0.320 e. The van der Waals surface area contributed by atoms with E-state index in [1.165, 1.54) is 36.4 Å². The van der Waals surface area contributed by atoms with E-state index in [-0.39, 0.29) is 35.8 Å². The Morgan fingerprint density at radius 2 is 1.27 bits per heavy atom. The molecule has 0 saturated heterocycles. The van der Waals surface area contributed by atoms with Crippen LogP contribution in [0, 0.1) is 0 Å². The molecular weight excluding hydrogens is 346 g/mol. The zero-order valence-electron chi connectivity index (χ0n) is 13.5. The second-order valence-electron chi connectivity index (χ2n) is 5.37. The third kappa shape index (κ3) is 6.57. The van der Waals surface area contributed by atoms with Crippen molar-refractivity contribution in [1.29, 1.82) is 0 Å². The lowest BCUT2D eigenvalue weighted by Gasteiger charge is -2.06. The number of carboxylic acid groups (broad SMARTS) is 2. The molecule has 2 aromatic carbocycles. The van der Waals surface area contributed by atoms with Gasteiger partial charge in [0, 0.05) is 0 Å². The summed E-state index contributed by atoms with van der Waals surface area (Å²) in [6.45, 7) is 0. The standard InChI is InChI=1S/C9H11NO4.C8H8O4/c10-6(9(13)14)3-5-1-2-7(11)8(12)4-5;9-6-2-1-5(3-7(6)10)4-8(11)12/h1-2,4,6,11-12H,3,10H2,(H,13,14);1-3,9-10H,4H2,(H,11,12)/t6-;/m0./s1. The first-order valence-electron chi connectivity index (χ1n) is 7.32. The summed E-state index contributed by atoms with van der Waals surface area (Å²) in [6, 6.07) is 7.02. The second kappa shape index (κ2) is 9.14. The lowest BCUT2D eigenvalue weighted by molar-refractivity contribution is -0.138. The van der Waals surface area contributed by atoms with E-state index in [9.17, 15) is 9.59 Å². The van der Waals surface area contributed by atoms with Crippen LogP contribution in [0.25, 0.3) is 0 Å². The maximum atomic E-state index is 10.4. The summed E-state index contributed by atoms with van der Waals surface area (Å²) in [6.07, 6.45) is -0.0446. The number of carboxylic acids is 2. The van der Waals surface area contributed by atoms with Gasteiger partial charge in [0.25, 0.3) is 0 Å². The van der Waals surface area contributed by atoms with Gasteiger partial charge in [0.2, 0.25) is 0 Å². The summed E-state index contributed by atoms with van der Waals surface area (Å²) >= 11 is 0. The summed E-state index contributed by atoms with van der Waals surface area (Å²) < 4.78 is 0. The molecule has 9 heteroatoms. The molecular formula is C17H19NO8. The number of aromatic hydroxyl groups is 4. The lowest BCUT2D eigenvalue weighted by atomic mass is 10.1. The zero-order valence-corrected chi connectivity index (χ0v) is 13.5. The van der Waals surface area contributed by atoms with Gasteiger partial charge in [-0.15, -0.1) is 0 Å². The molecule has 0 fully saturated rings. The first-order valence-corrected chi connectivity index (χ1v) is 7.32. The van der Waals surface area contributed by atoms with Gasteiger partial charge in [0.15, 0.2) is 23.0 Å². The number of phenolic OH excluding ortho intramolecular Hbond substituents is 4. The average Bonchev–Trinajstić information content (AvgIpc) is 2.54.